The highest BCUT2D eigenvalue weighted by Crippen LogP contribution is 2.20. The van der Waals surface area contributed by atoms with Gasteiger partial charge in [-0.2, -0.15) is 0 Å². The van der Waals surface area contributed by atoms with Gasteiger partial charge in [-0.05, 0) is 31.2 Å². The standard InChI is InChI=1S/C22H25N3O5/c1-2-24-21(28)19(17(26)14-30-18(27)12-15-8-6-7-9-15)20(23)25(22(24)29)13-16-10-4-3-5-11-16/h3-6,8,10-11,15H,2,7,9,12-14,23H2,1H3/t15-/m0/s1. The zero-order chi connectivity index (χ0) is 21.7. The molecule has 0 radical (unpaired) electrons. The van der Waals surface area contributed by atoms with Gasteiger partial charge in [-0.3, -0.25) is 23.5 Å². The molecule has 158 valence electrons. The van der Waals surface area contributed by atoms with E-state index in [2.05, 4.69) is 0 Å². The van der Waals surface area contributed by atoms with Crippen molar-refractivity contribution in [1.29, 1.82) is 0 Å². The Morgan fingerprint density at radius 1 is 1.17 bits per heavy atom. The maximum atomic E-state index is 12.7. The van der Waals surface area contributed by atoms with E-state index in [-0.39, 0.29) is 36.8 Å². The van der Waals surface area contributed by atoms with Crippen LogP contribution < -0.4 is 17.0 Å². The van der Waals surface area contributed by atoms with Crippen molar-refractivity contribution in [3.63, 3.8) is 0 Å². The molecule has 0 saturated carbocycles. The fraction of sp³-hybridized carbons (Fsp3) is 0.364. The summed E-state index contributed by atoms with van der Waals surface area (Å²) in [6.45, 7) is 1.23. The summed E-state index contributed by atoms with van der Waals surface area (Å²) in [6.07, 6.45) is 5.95. The normalized spacial score (nSPS) is 15.3. The Balaban J connectivity index is 1.85. The van der Waals surface area contributed by atoms with Gasteiger partial charge in [0.15, 0.2) is 6.61 Å². The first kappa shape index (κ1) is 21.3. The first-order chi connectivity index (χ1) is 14.4. The fourth-order valence-corrected chi connectivity index (χ4v) is 3.53. The second-order valence-corrected chi connectivity index (χ2v) is 7.22. The predicted octanol–water partition coefficient (Wildman–Crippen LogP) is 1.74. The third kappa shape index (κ3) is 4.59. The van der Waals surface area contributed by atoms with Crippen LogP contribution in [0, 0.1) is 5.92 Å². The lowest BCUT2D eigenvalue weighted by atomic mass is 10.1. The lowest BCUT2D eigenvalue weighted by Crippen LogP contribution is -2.44. The monoisotopic (exact) mass is 411 g/mol. The van der Waals surface area contributed by atoms with Gasteiger partial charge in [0.05, 0.1) is 13.0 Å². The van der Waals surface area contributed by atoms with Crippen LogP contribution in [0.1, 0.15) is 42.1 Å². The van der Waals surface area contributed by atoms with Crippen LogP contribution in [0.4, 0.5) is 5.82 Å². The summed E-state index contributed by atoms with van der Waals surface area (Å²) in [4.78, 5) is 50.2. The molecule has 0 bridgehead atoms. The highest BCUT2D eigenvalue weighted by atomic mass is 16.5. The summed E-state index contributed by atoms with van der Waals surface area (Å²) in [5, 5.41) is 0. The molecule has 1 atom stereocenters. The van der Waals surface area contributed by atoms with Crippen LogP contribution in [0.5, 0.6) is 0 Å². The number of allylic oxidation sites excluding steroid dienone is 2. The van der Waals surface area contributed by atoms with E-state index in [1.54, 1.807) is 6.92 Å². The Bertz CT molecular complexity index is 1080. The van der Waals surface area contributed by atoms with Gasteiger partial charge >= 0.3 is 11.7 Å². The second-order valence-electron chi connectivity index (χ2n) is 7.22. The van der Waals surface area contributed by atoms with E-state index in [0.717, 1.165) is 23.0 Å². The first-order valence-electron chi connectivity index (χ1n) is 9.94. The molecular weight excluding hydrogens is 386 g/mol. The van der Waals surface area contributed by atoms with Crippen LogP contribution in [0.2, 0.25) is 0 Å². The Labute approximate surface area is 173 Å². The number of nitrogen functional groups attached to an aromatic ring is 1. The van der Waals surface area contributed by atoms with E-state index in [0.29, 0.717) is 0 Å². The summed E-state index contributed by atoms with van der Waals surface area (Å²) in [7, 11) is 0. The lowest BCUT2D eigenvalue weighted by molar-refractivity contribution is -0.143. The maximum Gasteiger partial charge on any atom is 0.332 e. The summed E-state index contributed by atoms with van der Waals surface area (Å²) in [6, 6.07) is 9.10. The average Bonchev–Trinajstić information content (AvgIpc) is 3.24. The number of rotatable bonds is 8. The van der Waals surface area contributed by atoms with E-state index in [1.807, 2.05) is 42.5 Å². The van der Waals surface area contributed by atoms with E-state index >= 15 is 0 Å². The maximum absolute atomic E-state index is 12.7. The van der Waals surface area contributed by atoms with Crippen molar-refractivity contribution in [3.8, 4) is 0 Å². The summed E-state index contributed by atoms with van der Waals surface area (Å²) in [5.41, 5.74) is 5.17. The fourth-order valence-electron chi connectivity index (χ4n) is 3.53. The van der Waals surface area contributed by atoms with Crippen LogP contribution in [0.15, 0.2) is 52.1 Å². The van der Waals surface area contributed by atoms with Crippen molar-refractivity contribution >= 4 is 17.6 Å². The number of aromatic nitrogens is 2. The number of hydrogen-bond donors (Lipinski definition) is 1. The molecule has 0 amide bonds. The molecule has 8 heteroatoms. The van der Waals surface area contributed by atoms with Gasteiger partial charge in [0.2, 0.25) is 5.78 Å². The number of benzene rings is 1. The molecule has 0 fully saturated rings. The number of Topliss-reactive ketones (excluding diaryl/α,β-unsaturated/α-hetero) is 1. The van der Waals surface area contributed by atoms with E-state index < -0.39 is 29.6 Å². The number of esters is 1. The molecule has 0 spiro atoms. The van der Waals surface area contributed by atoms with Crippen molar-refractivity contribution in [3.05, 3.63) is 74.4 Å². The van der Waals surface area contributed by atoms with E-state index in [4.69, 9.17) is 10.5 Å². The molecule has 2 aromatic rings. The second kappa shape index (κ2) is 9.39. The summed E-state index contributed by atoms with van der Waals surface area (Å²) in [5.74, 6) is -1.34. The molecule has 8 nitrogen and oxygen atoms in total. The molecule has 0 unspecified atom stereocenters. The zero-order valence-corrected chi connectivity index (χ0v) is 16.9. The van der Waals surface area contributed by atoms with Crippen LogP contribution in [-0.2, 0) is 22.6 Å². The highest BCUT2D eigenvalue weighted by Gasteiger charge is 2.24. The van der Waals surface area contributed by atoms with Crippen LogP contribution in [0.3, 0.4) is 0 Å². The van der Waals surface area contributed by atoms with Gasteiger partial charge in [-0.15, -0.1) is 0 Å². The largest absolute Gasteiger partial charge is 0.457 e. The third-order valence-electron chi connectivity index (χ3n) is 5.15. The number of hydrogen-bond acceptors (Lipinski definition) is 6. The minimum absolute atomic E-state index is 0.0841. The average molecular weight is 411 g/mol. The SMILES string of the molecule is CCn1c(=O)c(C(=O)COC(=O)C[C@H]2C=CCC2)c(N)n(Cc2ccccc2)c1=O. The van der Waals surface area contributed by atoms with Gasteiger partial charge in [-0.1, -0.05) is 42.5 Å². The number of carbonyl (C=O) groups is 2. The van der Waals surface area contributed by atoms with Crippen molar-refractivity contribution in [2.75, 3.05) is 12.3 Å². The van der Waals surface area contributed by atoms with Crippen LogP contribution in [0.25, 0.3) is 0 Å². The summed E-state index contributed by atoms with van der Waals surface area (Å²) >= 11 is 0. The molecule has 3 rings (SSSR count). The molecule has 1 aromatic carbocycles. The number of nitrogens with two attached hydrogens (primary N) is 1. The minimum Gasteiger partial charge on any atom is -0.457 e. The van der Waals surface area contributed by atoms with Gasteiger partial charge in [0, 0.05) is 6.54 Å². The molecule has 1 aliphatic rings. The van der Waals surface area contributed by atoms with Crippen molar-refractivity contribution in [1.82, 2.24) is 9.13 Å². The Hall–Kier alpha value is -3.42. The number of anilines is 1. The number of ether oxygens (including phenoxy) is 1. The highest BCUT2D eigenvalue weighted by molar-refractivity contribution is 6.01. The first-order valence-corrected chi connectivity index (χ1v) is 9.94. The Morgan fingerprint density at radius 3 is 2.53 bits per heavy atom. The molecule has 0 aliphatic heterocycles. The van der Waals surface area contributed by atoms with Gasteiger partial charge < -0.3 is 10.5 Å². The molecule has 1 aliphatic carbocycles. The molecular formula is C22H25N3O5. The smallest absolute Gasteiger partial charge is 0.332 e. The summed E-state index contributed by atoms with van der Waals surface area (Å²) < 4.78 is 7.23. The molecule has 2 N–H and O–H groups in total. The molecule has 30 heavy (non-hydrogen) atoms. The number of nitrogens with zero attached hydrogens (tertiary/aromatic N) is 2. The van der Waals surface area contributed by atoms with Crippen molar-refractivity contribution in [2.45, 2.75) is 39.3 Å². The van der Waals surface area contributed by atoms with Crippen molar-refractivity contribution < 1.29 is 14.3 Å². The van der Waals surface area contributed by atoms with Gasteiger partial charge in [0.1, 0.15) is 11.4 Å². The Kier molecular flexibility index (Phi) is 6.66. The van der Waals surface area contributed by atoms with Crippen LogP contribution >= 0.6 is 0 Å². The quantitative estimate of drug-likeness (QED) is 0.402. The van der Waals surface area contributed by atoms with Gasteiger partial charge in [0.25, 0.3) is 5.56 Å². The lowest BCUT2D eigenvalue weighted by Gasteiger charge is -2.16. The molecule has 1 aromatic heterocycles. The van der Waals surface area contributed by atoms with Crippen molar-refractivity contribution in [2.24, 2.45) is 5.92 Å². The topological polar surface area (TPSA) is 113 Å². The number of ketones is 1. The molecule has 1 heterocycles. The van der Waals surface area contributed by atoms with E-state index in [1.165, 1.54) is 4.57 Å². The third-order valence-corrected chi connectivity index (χ3v) is 5.15. The van der Waals surface area contributed by atoms with Crippen LogP contribution in [-0.4, -0.2) is 27.5 Å². The number of carbonyl (C=O) groups excluding carboxylic acids is 2. The predicted molar refractivity (Wildman–Crippen MR) is 112 cm³/mol. The Morgan fingerprint density at radius 2 is 1.90 bits per heavy atom. The minimum atomic E-state index is -0.774. The zero-order valence-electron chi connectivity index (χ0n) is 16.9. The van der Waals surface area contributed by atoms with Gasteiger partial charge in [-0.25, -0.2) is 4.79 Å². The van der Waals surface area contributed by atoms with E-state index in [9.17, 15) is 19.2 Å². The molecule has 0 saturated heterocycles.